The molecule has 35 heavy (non-hydrogen) atoms. The Kier molecular flexibility index (Phi) is 8.44. The fourth-order valence-electron chi connectivity index (χ4n) is 5.20. The molecule has 0 bridgehead atoms. The standard InChI is InChI=1S/C27H33F4N3O/c28-22-9-10-24(25(19-22)27(29,30)31)20-5-7-21(8-6-20)26(35)32-13-4-14-33-17-11-23(12-18-33)34-15-2-1-3-16-34/h5-10,19,23H,1-4,11-18H2,(H,32,35). The van der Waals surface area contributed by atoms with Gasteiger partial charge in [0.25, 0.3) is 5.91 Å². The maximum absolute atomic E-state index is 13.4. The van der Waals surface area contributed by atoms with Crippen LogP contribution in [0, 0.1) is 5.82 Å². The summed E-state index contributed by atoms with van der Waals surface area (Å²) >= 11 is 0. The number of halogens is 4. The highest BCUT2D eigenvalue weighted by atomic mass is 19.4. The lowest BCUT2D eigenvalue weighted by atomic mass is 9.98. The van der Waals surface area contributed by atoms with Gasteiger partial charge in [-0.05, 0) is 100 Å². The molecule has 1 amide bonds. The Bertz CT molecular complexity index is 979. The van der Waals surface area contributed by atoms with E-state index in [0.29, 0.717) is 18.2 Å². The zero-order valence-corrected chi connectivity index (χ0v) is 19.9. The Morgan fingerprint density at radius 3 is 2.29 bits per heavy atom. The normalized spacial score (nSPS) is 18.5. The van der Waals surface area contributed by atoms with Crippen molar-refractivity contribution in [2.24, 2.45) is 0 Å². The highest BCUT2D eigenvalue weighted by molar-refractivity contribution is 5.94. The third kappa shape index (κ3) is 6.82. The fraction of sp³-hybridized carbons (Fsp3) is 0.519. The average Bonchev–Trinajstić information content (AvgIpc) is 2.87. The molecule has 2 aliphatic rings. The number of amides is 1. The van der Waals surface area contributed by atoms with E-state index in [2.05, 4.69) is 15.1 Å². The number of carbonyl (C=O) groups excluding carboxylic acids is 1. The number of benzene rings is 2. The molecule has 0 aliphatic carbocycles. The molecule has 2 saturated heterocycles. The number of likely N-dealkylation sites (tertiary alicyclic amines) is 2. The first kappa shape index (κ1) is 25.6. The summed E-state index contributed by atoms with van der Waals surface area (Å²) in [5.74, 6) is -1.20. The van der Waals surface area contributed by atoms with Crippen molar-refractivity contribution < 1.29 is 22.4 Å². The van der Waals surface area contributed by atoms with Crippen LogP contribution in [0.1, 0.15) is 54.4 Å². The van der Waals surface area contributed by atoms with Gasteiger partial charge in [0, 0.05) is 18.2 Å². The average molecular weight is 492 g/mol. The highest BCUT2D eigenvalue weighted by Crippen LogP contribution is 2.37. The minimum absolute atomic E-state index is 0.116. The summed E-state index contributed by atoms with van der Waals surface area (Å²) in [4.78, 5) is 17.6. The van der Waals surface area contributed by atoms with Gasteiger partial charge in [-0.3, -0.25) is 4.79 Å². The van der Waals surface area contributed by atoms with Gasteiger partial charge in [0.15, 0.2) is 0 Å². The van der Waals surface area contributed by atoms with E-state index in [1.54, 1.807) is 0 Å². The van der Waals surface area contributed by atoms with E-state index in [9.17, 15) is 22.4 Å². The van der Waals surface area contributed by atoms with Crippen molar-refractivity contribution in [2.45, 2.75) is 50.7 Å². The molecule has 2 aromatic rings. The molecule has 8 heteroatoms. The van der Waals surface area contributed by atoms with Gasteiger partial charge in [0.2, 0.25) is 0 Å². The van der Waals surface area contributed by atoms with Crippen molar-refractivity contribution in [3.63, 3.8) is 0 Å². The molecule has 0 spiro atoms. The minimum Gasteiger partial charge on any atom is -0.352 e. The van der Waals surface area contributed by atoms with E-state index in [4.69, 9.17) is 0 Å². The summed E-state index contributed by atoms with van der Waals surface area (Å²) in [6, 6.07) is 9.25. The summed E-state index contributed by atoms with van der Waals surface area (Å²) in [6.45, 7) is 6.16. The Morgan fingerprint density at radius 1 is 0.943 bits per heavy atom. The molecule has 4 rings (SSSR count). The van der Waals surface area contributed by atoms with Crippen LogP contribution in [0.25, 0.3) is 11.1 Å². The molecule has 0 aromatic heterocycles. The van der Waals surface area contributed by atoms with Gasteiger partial charge in [-0.2, -0.15) is 13.2 Å². The van der Waals surface area contributed by atoms with Crippen LogP contribution in [0.4, 0.5) is 17.6 Å². The SMILES string of the molecule is O=C(NCCCN1CCC(N2CCCCC2)CC1)c1ccc(-c2ccc(F)cc2C(F)(F)F)cc1. The van der Waals surface area contributed by atoms with Crippen LogP contribution in [0.5, 0.6) is 0 Å². The fourth-order valence-corrected chi connectivity index (χ4v) is 5.20. The van der Waals surface area contributed by atoms with Crippen LogP contribution >= 0.6 is 0 Å². The second kappa shape index (κ2) is 11.5. The van der Waals surface area contributed by atoms with Gasteiger partial charge < -0.3 is 15.1 Å². The Morgan fingerprint density at radius 2 is 1.63 bits per heavy atom. The lowest BCUT2D eigenvalue weighted by Crippen LogP contribution is -2.47. The van der Waals surface area contributed by atoms with Gasteiger partial charge >= 0.3 is 6.18 Å². The van der Waals surface area contributed by atoms with Gasteiger partial charge in [0.1, 0.15) is 5.82 Å². The molecular weight excluding hydrogens is 458 g/mol. The quantitative estimate of drug-likeness (QED) is 0.406. The molecule has 0 saturated carbocycles. The second-order valence-corrected chi connectivity index (χ2v) is 9.54. The predicted molar refractivity (Wildman–Crippen MR) is 129 cm³/mol. The first-order chi connectivity index (χ1) is 16.8. The Balaban J connectivity index is 1.22. The number of hydrogen-bond donors (Lipinski definition) is 1. The molecule has 2 aromatic carbocycles. The Labute approximate surface area is 204 Å². The van der Waals surface area contributed by atoms with Crippen LogP contribution in [-0.4, -0.2) is 61.0 Å². The minimum atomic E-state index is -4.67. The predicted octanol–water partition coefficient (Wildman–Crippen LogP) is 5.58. The number of nitrogens with zero attached hydrogens (tertiary/aromatic N) is 2. The van der Waals surface area contributed by atoms with E-state index in [1.165, 1.54) is 69.5 Å². The molecule has 0 unspecified atom stereocenters. The van der Waals surface area contributed by atoms with Crippen molar-refractivity contribution in [1.82, 2.24) is 15.1 Å². The number of carbonyl (C=O) groups is 1. The van der Waals surface area contributed by atoms with Crippen molar-refractivity contribution in [3.05, 3.63) is 59.4 Å². The van der Waals surface area contributed by atoms with E-state index >= 15 is 0 Å². The van der Waals surface area contributed by atoms with E-state index in [0.717, 1.165) is 44.2 Å². The zero-order valence-electron chi connectivity index (χ0n) is 19.9. The summed E-state index contributed by atoms with van der Waals surface area (Å²) in [5.41, 5.74) is -0.488. The van der Waals surface area contributed by atoms with Crippen LogP contribution in [0.15, 0.2) is 42.5 Å². The molecular formula is C27H33F4N3O. The maximum atomic E-state index is 13.4. The summed E-state index contributed by atoms with van der Waals surface area (Å²) < 4.78 is 53.3. The maximum Gasteiger partial charge on any atom is 0.417 e. The smallest absolute Gasteiger partial charge is 0.352 e. The summed E-state index contributed by atoms with van der Waals surface area (Å²) in [6.07, 6.45) is 2.61. The molecule has 4 nitrogen and oxygen atoms in total. The molecule has 0 radical (unpaired) electrons. The highest BCUT2D eigenvalue weighted by Gasteiger charge is 2.34. The summed E-state index contributed by atoms with van der Waals surface area (Å²) in [5, 5.41) is 2.90. The first-order valence-corrected chi connectivity index (χ1v) is 12.5. The van der Waals surface area contributed by atoms with Gasteiger partial charge in [-0.1, -0.05) is 24.6 Å². The van der Waals surface area contributed by atoms with Gasteiger partial charge in [-0.15, -0.1) is 0 Å². The Hall–Kier alpha value is -2.45. The van der Waals surface area contributed by atoms with Gasteiger partial charge in [0.05, 0.1) is 5.56 Å². The molecule has 1 N–H and O–H groups in total. The number of hydrogen-bond acceptors (Lipinski definition) is 3. The van der Waals surface area contributed by atoms with Gasteiger partial charge in [-0.25, -0.2) is 4.39 Å². The van der Waals surface area contributed by atoms with Crippen molar-refractivity contribution in [2.75, 3.05) is 39.3 Å². The molecule has 2 heterocycles. The molecule has 190 valence electrons. The van der Waals surface area contributed by atoms with E-state index in [-0.39, 0.29) is 17.0 Å². The lowest BCUT2D eigenvalue weighted by Gasteiger charge is -2.40. The second-order valence-electron chi connectivity index (χ2n) is 9.54. The van der Waals surface area contributed by atoms with E-state index in [1.807, 2.05) is 0 Å². The third-order valence-electron chi connectivity index (χ3n) is 7.15. The van der Waals surface area contributed by atoms with Crippen LogP contribution in [-0.2, 0) is 6.18 Å². The largest absolute Gasteiger partial charge is 0.417 e. The van der Waals surface area contributed by atoms with Crippen LogP contribution in [0.2, 0.25) is 0 Å². The zero-order chi connectivity index (χ0) is 24.8. The van der Waals surface area contributed by atoms with Crippen LogP contribution in [0.3, 0.4) is 0 Å². The number of nitrogens with one attached hydrogen (secondary N) is 1. The molecule has 2 aliphatic heterocycles. The van der Waals surface area contributed by atoms with Crippen molar-refractivity contribution >= 4 is 5.91 Å². The van der Waals surface area contributed by atoms with Crippen molar-refractivity contribution in [1.29, 1.82) is 0 Å². The van der Waals surface area contributed by atoms with E-state index < -0.39 is 17.6 Å². The topological polar surface area (TPSA) is 35.6 Å². The monoisotopic (exact) mass is 491 g/mol. The number of alkyl halides is 3. The van der Waals surface area contributed by atoms with Crippen molar-refractivity contribution in [3.8, 4) is 11.1 Å². The van der Waals surface area contributed by atoms with Crippen LogP contribution < -0.4 is 5.32 Å². The third-order valence-corrected chi connectivity index (χ3v) is 7.15. The number of rotatable bonds is 7. The summed E-state index contributed by atoms with van der Waals surface area (Å²) in [7, 11) is 0. The molecule has 2 fully saturated rings. The molecule has 0 atom stereocenters. The number of piperidine rings is 2. The lowest BCUT2D eigenvalue weighted by molar-refractivity contribution is -0.137. The first-order valence-electron chi connectivity index (χ1n) is 12.5.